The van der Waals surface area contributed by atoms with Crippen molar-refractivity contribution < 1.29 is 14.7 Å². The van der Waals surface area contributed by atoms with Crippen LogP contribution in [-0.4, -0.2) is 22.5 Å². The molecule has 1 saturated heterocycles. The Kier molecular flexibility index (Phi) is 1.39. The van der Waals surface area contributed by atoms with Crippen LogP contribution >= 0.6 is 0 Å². The Hall–Kier alpha value is -1.06. The van der Waals surface area contributed by atoms with Crippen LogP contribution in [0.3, 0.4) is 0 Å². The lowest BCUT2D eigenvalue weighted by molar-refractivity contribution is -0.144. The van der Waals surface area contributed by atoms with Gasteiger partial charge in [-0.1, -0.05) is 0 Å². The van der Waals surface area contributed by atoms with Gasteiger partial charge in [0.25, 0.3) is 0 Å². The Morgan fingerprint density at radius 3 is 2.60 bits per heavy atom. The van der Waals surface area contributed by atoms with Crippen LogP contribution in [0.2, 0.25) is 0 Å². The summed E-state index contributed by atoms with van der Waals surface area (Å²) in [5, 5.41) is 11.0. The Labute approximate surface area is 58.2 Å². The van der Waals surface area contributed by atoms with Gasteiger partial charge in [-0.15, -0.1) is 0 Å². The van der Waals surface area contributed by atoms with Gasteiger partial charge in [0.15, 0.2) is 0 Å². The third-order valence-corrected chi connectivity index (χ3v) is 1.74. The Balaban J connectivity index is 2.72. The van der Waals surface area contributed by atoms with E-state index in [-0.39, 0.29) is 5.91 Å². The lowest BCUT2D eigenvalue weighted by atomic mass is 10.0. The van der Waals surface area contributed by atoms with Gasteiger partial charge in [0.1, 0.15) is 5.54 Å². The van der Waals surface area contributed by atoms with E-state index in [0.29, 0.717) is 12.8 Å². The summed E-state index contributed by atoms with van der Waals surface area (Å²) in [4.78, 5) is 21.0. The number of amides is 1. The van der Waals surface area contributed by atoms with Crippen LogP contribution in [-0.2, 0) is 9.59 Å². The first kappa shape index (κ1) is 7.05. The van der Waals surface area contributed by atoms with Crippen LogP contribution in [0, 0.1) is 0 Å². The van der Waals surface area contributed by atoms with E-state index in [1.165, 1.54) is 6.92 Å². The van der Waals surface area contributed by atoms with Crippen molar-refractivity contribution in [2.24, 2.45) is 0 Å². The van der Waals surface area contributed by atoms with Crippen molar-refractivity contribution in [3.8, 4) is 0 Å². The fraction of sp³-hybridized carbons (Fsp3) is 0.667. The number of hydrogen-bond donors (Lipinski definition) is 2. The van der Waals surface area contributed by atoms with Crippen LogP contribution in [0.1, 0.15) is 19.8 Å². The highest BCUT2D eigenvalue weighted by Crippen LogP contribution is 2.18. The van der Waals surface area contributed by atoms with Gasteiger partial charge in [0.2, 0.25) is 5.91 Å². The normalized spacial score (nSPS) is 31.9. The van der Waals surface area contributed by atoms with Crippen molar-refractivity contribution in [2.75, 3.05) is 0 Å². The topological polar surface area (TPSA) is 66.4 Å². The highest BCUT2D eigenvalue weighted by Gasteiger charge is 2.39. The maximum absolute atomic E-state index is 10.6. The lowest BCUT2D eigenvalue weighted by Crippen LogP contribution is -2.45. The number of aliphatic carboxylic acids is 1. The molecule has 0 unspecified atom stereocenters. The van der Waals surface area contributed by atoms with Gasteiger partial charge in [0, 0.05) is 6.42 Å². The van der Waals surface area contributed by atoms with E-state index < -0.39 is 11.5 Å². The summed E-state index contributed by atoms with van der Waals surface area (Å²) in [5.74, 6) is -1.14. The van der Waals surface area contributed by atoms with Gasteiger partial charge >= 0.3 is 5.97 Å². The zero-order valence-electron chi connectivity index (χ0n) is 5.68. The predicted octanol–water partition coefficient (Wildman–Crippen LogP) is -0.260. The number of carbonyl (C=O) groups excluding carboxylic acids is 1. The maximum Gasteiger partial charge on any atom is 0.329 e. The van der Waals surface area contributed by atoms with Gasteiger partial charge in [-0.3, -0.25) is 4.79 Å². The van der Waals surface area contributed by atoms with Crippen molar-refractivity contribution >= 4 is 11.9 Å². The average Bonchev–Trinajstić information content (AvgIpc) is 2.13. The van der Waals surface area contributed by atoms with Gasteiger partial charge in [-0.2, -0.15) is 0 Å². The van der Waals surface area contributed by atoms with Crippen LogP contribution in [0.4, 0.5) is 0 Å². The summed E-state index contributed by atoms with van der Waals surface area (Å²) in [5.41, 5.74) is -1.02. The highest BCUT2D eigenvalue weighted by atomic mass is 16.4. The molecule has 0 bridgehead atoms. The lowest BCUT2D eigenvalue weighted by Gasteiger charge is -2.16. The highest BCUT2D eigenvalue weighted by molar-refractivity contribution is 5.90. The first-order valence-corrected chi connectivity index (χ1v) is 3.09. The SMILES string of the molecule is C[C@@]1(C(=O)O)CCC(=O)N1. The molecule has 4 nitrogen and oxygen atoms in total. The molecule has 1 rings (SSSR count). The van der Waals surface area contributed by atoms with Crippen LogP contribution in [0.15, 0.2) is 0 Å². The second-order valence-electron chi connectivity index (χ2n) is 2.69. The number of carboxylic acids is 1. The average molecular weight is 143 g/mol. The van der Waals surface area contributed by atoms with E-state index in [1.54, 1.807) is 0 Å². The number of carboxylic acid groups (broad SMARTS) is 1. The molecule has 1 fully saturated rings. The fourth-order valence-corrected chi connectivity index (χ4v) is 0.957. The van der Waals surface area contributed by atoms with Gasteiger partial charge in [-0.05, 0) is 13.3 Å². The van der Waals surface area contributed by atoms with Gasteiger partial charge < -0.3 is 10.4 Å². The van der Waals surface area contributed by atoms with Crippen molar-refractivity contribution in [1.82, 2.24) is 5.32 Å². The predicted molar refractivity (Wildman–Crippen MR) is 33.4 cm³/mol. The zero-order chi connectivity index (χ0) is 7.78. The molecule has 1 aliphatic rings. The van der Waals surface area contributed by atoms with E-state index >= 15 is 0 Å². The number of hydrogen-bond acceptors (Lipinski definition) is 2. The molecular weight excluding hydrogens is 134 g/mol. The van der Waals surface area contributed by atoms with Crippen LogP contribution < -0.4 is 5.32 Å². The number of carbonyl (C=O) groups is 2. The minimum absolute atomic E-state index is 0.176. The molecule has 0 aromatic heterocycles. The van der Waals surface area contributed by atoms with E-state index in [2.05, 4.69) is 5.32 Å². The molecule has 0 spiro atoms. The second-order valence-corrected chi connectivity index (χ2v) is 2.69. The molecule has 0 saturated carbocycles. The molecule has 0 aromatic rings. The number of rotatable bonds is 1. The van der Waals surface area contributed by atoms with E-state index in [4.69, 9.17) is 5.11 Å². The molecule has 0 radical (unpaired) electrons. The van der Waals surface area contributed by atoms with E-state index in [1.807, 2.05) is 0 Å². The summed E-state index contributed by atoms with van der Waals surface area (Å²) in [6.45, 7) is 1.51. The van der Waals surface area contributed by atoms with Crippen molar-refractivity contribution in [3.63, 3.8) is 0 Å². The largest absolute Gasteiger partial charge is 0.480 e. The van der Waals surface area contributed by atoms with E-state index in [0.717, 1.165) is 0 Å². The minimum atomic E-state index is -1.02. The summed E-state index contributed by atoms with van der Waals surface area (Å²) >= 11 is 0. The molecule has 1 atom stereocenters. The summed E-state index contributed by atoms with van der Waals surface area (Å²) in [6.07, 6.45) is 0.712. The molecular formula is C6H9NO3. The first-order chi connectivity index (χ1) is 4.54. The third-order valence-electron chi connectivity index (χ3n) is 1.74. The van der Waals surface area contributed by atoms with Gasteiger partial charge in [-0.25, -0.2) is 4.79 Å². The minimum Gasteiger partial charge on any atom is -0.480 e. The number of nitrogens with one attached hydrogen (secondary N) is 1. The zero-order valence-corrected chi connectivity index (χ0v) is 5.68. The maximum atomic E-state index is 10.6. The Bertz CT molecular complexity index is 189. The summed E-state index contributed by atoms with van der Waals surface area (Å²) < 4.78 is 0. The standard InChI is InChI=1S/C6H9NO3/c1-6(5(9)10)3-2-4(8)7-6/h2-3H2,1H3,(H,7,8)(H,9,10)/t6-/m0/s1. The monoisotopic (exact) mass is 143 g/mol. The molecule has 10 heavy (non-hydrogen) atoms. The molecule has 0 aliphatic carbocycles. The van der Waals surface area contributed by atoms with Crippen molar-refractivity contribution in [2.45, 2.75) is 25.3 Å². The smallest absolute Gasteiger partial charge is 0.329 e. The molecule has 56 valence electrons. The third kappa shape index (κ3) is 0.964. The molecule has 2 N–H and O–H groups in total. The first-order valence-electron chi connectivity index (χ1n) is 3.09. The van der Waals surface area contributed by atoms with Crippen LogP contribution in [0.5, 0.6) is 0 Å². The van der Waals surface area contributed by atoms with Crippen molar-refractivity contribution in [1.29, 1.82) is 0 Å². The fourth-order valence-electron chi connectivity index (χ4n) is 0.957. The molecule has 1 heterocycles. The van der Waals surface area contributed by atoms with E-state index in [9.17, 15) is 9.59 Å². The van der Waals surface area contributed by atoms with Crippen LogP contribution in [0.25, 0.3) is 0 Å². The Morgan fingerprint density at radius 1 is 1.80 bits per heavy atom. The second kappa shape index (κ2) is 1.97. The molecule has 1 aliphatic heterocycles. The molecule has 0 aromatic carbocycles. The quantitative estimate of drug-likeness (QED) is 0.531. The van der Waals surface area contributed by atoms with Crippen molar-refractivity contribution in [3.05, 3.63) is 0 Å². The molecule has 4 heteroatoms. The summed E-state index contributed by atoms with van der Waals surface area (Å²) in [7, 11) is 0. The Morgan fingerprint density at radius 2 is 2.40 bits per heavy atom. The summed E-state index contributed by atoms with van der Waals surface area (Å²) in [6, 6.07) is 0. The molecule has 1 amide bonds. The van der Waals surface area contributed by atoms with Gasteiger partial charge in [0.05, 0.1) is 0 Å².